The molecule has 2 fully saturated rings. The minimum Gasteiger partial charge on any atom is -0.355 e. The summed E-state index contributed by atoms with van der Waals surface area (Å²) in [5, 5.41) is 2.95. The second-order valence-electron chi connectivity index (χ2n) is 9.09. The lowest BCUT2D eigenvalue weighted by atomic mass is 10.1. The molecule has 182 valence electrons. The number of sulfonamides is 1. The van der Waals surface area contributed by atoms with Gasteiger partial charge in [0.15, 0.2) is 0 Å². The van der Waals surface area contributed by atoms with Gasteiger partial charge in [-0.05, 0) is 38.1 Å². The van der Waals surface area contributed by atoms with Crippen molar-refractivity contribution in [2.75, 3.05) is 50.7 Å². The number of amides is 2. The molecule has 1 unspecified atom stereocenters. The average Bonchev–Trinajstić information content (AvgIpc) is 3.22. The number of carbonyl (C=O) groups is 2. The second kappa shape index (κ2) is 10.2. The first-order valence-electron chi connectivity index (χ1n) is 11.7. The zero-order valence-corrected chi connectivity index (χ0v) is 20.6. The van der Waals surface area contributed by atoms with Crippen molar-refractivity contribution in [2.24, 2.45) is 5.92 Å². The highest BCUT2D eigenvalue weighted by Crippen LogP contribution is 2.25. The molecule has 2 aliphatic heterocycles. The lowest BCUT2D eigenvalue weighted by Gasteiger charge is -2.34. The fraction of sp³-hybridized carbons (Fsp3) is 0.440. The van der Waals surface area contributed by atoms with E-state index in [0.717, 1.165) is 16.8 Å². The molecule has 0 radical (unpaired) electrons. The molecule has 4 rings (SSSR count). The van der Waals surface area contributed by atoms with Crippen LogP contribution in [0.4, 0.5) is 5.69 Å². The minimum absolute atomic E-state index is 0.0325. The summed E-state index contributed by atoms with van der Waals surface area (Å²) in [6.07, 6.45) is 0.218. The SMILES string of the molecule is Cc1ccc(N2CC(C(=O)NCCN3CCN(S(=O)(=O)c4ccc(C)cc4)CC3)CC2=O)cc1. The van der Waals surface area contributed by atoms with Crippen LogP contribution in [-0.4, -0.2) is 75.3 Å². The Balaban J connectivity index is 1.21. The third-order valence-corrected chi connectivity index (χ3v) is 8.47. The summed E-state index contributed by atoms with van der Waals surface area (Å²) in [5.74, 6) is -0.497. The molecule has 1 atom stereocenters. The van der Waals surface area contributed by atoms with Crippen LogP contribution in [0.3, 0.4) is 0 Å². The summed E-state index contributed by atoms with van der Waals surface area (Å²) >= 11 is 0. The van der Waals surface area contributed by atoms with Gasteiger partial charge in [-0.3, -0.25) is 14.5 Å². The van der Waals surface area contributed by atoms with Crippen molar-refractivity contribution < 1.29 is 18.0 Å². The molecule has 0 aromatic heterocycles. The summed E-state index contributed by atoms with van der Waals surface area (Å²) in [6.45, 7) is 7.51. The second-order valence-corrected chi connectivity index (χ2v) is 11.0. The highest BCUT2D eigenvalue weighted by molar-refractivity contribution is 7.89. The van der Waals surface area contributed by atoms with Gasteiger partial charge in [-0.1, -0.05) is 35.4 Å². The monoisotopic (exact) mass is 484 g/mol. The van der Waals surface area contributed by atoms with Crippen LogP contribution in [0.5, 0.6) is 0 Å². The standard InChI is InChI=1S/C25H32N4O4S/c1-19-3-7-22(8-4-19)29-18-21(17-24(29)30)25(31)26-11-12-27-13-15-28(16-14-27)34(32,33)23-9-5-20(2)6-10-23/h3-10,21H,11-18H2,1-2H3,(H,26,31). The molecular formula is C25H32N4O4S. The van der Waals surface area contributed by atoms with Gasteiger partial charge in [0.25, 0.3) is 0 Å². The van der Waals surface area contributed by atoms with E-state index in [1.54, 1.807) is 17.0 Å². The molecule has 0 bridgehead atoms. The van der Waals surface area contributed by atoms with Gasteiger partial charge in [0.05, 0.1) is 10.8 Å². The quantitative estimate of drug-likeness (QED) is 0.647. The summed E-state index contributed by atoms with van der Waals surface area (Å²) in [5.41, 5.74) is 2.97. The number of piperazine rings is 1. The van der Waals surface area contributed by atoms with Crippen LogP contribution in [0.25, 0.3) is 0 Å². The Kier molecular flexibility index (Phi) is 7.35. The molecule has 34 heavy (non-hydrogen) atoms. The average molecular weight is 485 g/mol. The maximum atomic E-state index is 12.8. The Labute approximate surface area is 201 Å². The highest BCUT2D eigenvalue weighted by Gasteiger charge is 2.35. The summed E-state index contributed by atoms with van der Waals surface area (Å²) in [4.78, 5) is 29.2. The van der Waals surface area contributed by atoms with Crippen LogP contribution in [0.15, 0.2) is 53.4 Å². The first-order chi connectivity index (χ1) is 16.2. The van der Waals surface area contributed by atoms with E-state index in [2.05, 4.69) is 10.2 Å². The van der Waals surface area contributed by atoms with E-state index in [1.807, 2.05) is 50.2 Å². The van der Waals surface area contributed by atoms with Crippen LogP contribution in [0.2, 0.25) is 0 Å². The smallest absolute Gasteiger partial charge is 0.243 e. The van der Waals surface area contributed by atoms with Crippen molar-refractivity contribution in [1.29, 1.82) is 0 Å². The Morgan fingerprint density at radius 2 is 1.53 bits per heavy atom. The molecule has 2 saturated heterocycles. The fourth-order valence-electron chi connectivity index (χ4n) is 4.39. The minimum atomic E-state index is -3.48. The van der Waals surface area contributed by atoms with Gasteiger partial charge in [0.2, 0.25) is 21.8 Å². The van der Waals surface area contributed by atoms with Crippen molar-refractivity contribution >= 4 is 27.5 Å². The van der Waals surface area contributed by atoms with Crippen LogP contribution in [-0.2, 0) is 19.6 Å². The van der Waals surface area contributed by atoms with Gasteiger partial charge >= 0.3 is 0 Å². The Morgan fingerprint density at radius 3 is 2.15 bits per heavy atom. The Bertz CT molecular complexity index is 1120. The van der Waals surface area contributed by atoms with E-state index in [0.29, 0.717) is 50.7 Å². The zero-order valence-electron chi connectivity index (χ0n) is 19.7. The van der Waals surface area contributed by atoms with Crippen molar-refractivity contribution in [3.8, 4) is 0 Å². The van der Waals surface area contributed by atoms with E-state index >= 15 is 0 Å². The van der Waals surface area contributed by atoms with Crippen molar-refractivity contribution in [3.63, 3.8) is 0 Å². The van der Waals surface area contributed by atoms with E-state index < -0.39 is 10.0 Å². The number of benzene rings is 2. The number of hydrogen-bond donors (Lipinski definition) is 1. The van der Waals surface area contributed by atoms with Crippen molar-refractivity contribution in [3.05, 3.63) is 59.7 Å². The van der Waals surface area contributed by atoms with E-state index in [-0.39, 0.29) is 24.2 Å². The number of rotatable bonds is 7. The lowest BCUT2D eigenvalue weighted by molar-refractivity contribution is -0.126. The molecule has 8 nitrogen and oxygen atoms in total. The van der Waals surface area contributed by atoms with Crippen LogP contribution in [0.1, 0.15) is 17.5 Å². The molecule has 1 N–H and O–H groups in total. The van der Waals surface area contributed by atoms with Crippen molar-refractivity contribution in [2.45, 2.75) is 25.2 Å². The van der Waals surface area contributed by atoms with Gasteiger partial charge in [-0.2, -0.15) is 4.31 Å². The fourth-order valence-corrected chi connectivity index (χ4v) is 5.81. The predicted molar refractivity (Wildman–Crippen MR) is 131 cm³/mol. The molecule has 2 aromatic rings. The topological polar surface area (TPSA) is 90.0 Å². The van der Waals surface area contributed by atoms with E-state index in [9.17, 15) is 18.0 Å². The first-order valence-corrected chi connectivity index (χ1v) is 13.1. The number of anilines is 1. The maximum Gasteiger partial charge on any atom is 0.243 e. The van der Waals surface area contributed by atoms with Gasteiger partial charge in [-0.15, -0.1) is 0 Å². The summed E-state index contributed by atoms with van der Waals surface area (Å²) in [6, 6.07) is 14.7. The number of hydrogen-bond acceptors (Lipinski definition) is 5. The van der Waals surface area contributed by atoms with Gasteiger partial charge in [-0.25, -0.2) is 8.42 Å². The number of nitrogens with zero attached hydrogens (tertiary/aromatic N) is 3. The largest absolute Gasteiger partial charge is 0.355 e. The molecule has 2 heterocycles. The third-order valence-electron chi connectivity index (χ3n) is 6.56. The van der Waals surface area contributed by atoms with Crippen LogP contribution < -0.4 is 10.2 Å². The molecule has 2 amide bonds. The molecule has 0 saturated carbocycles. The maximum absolute atomic E-state index is 12.8. The van der Waals surface area contributed by atoms with Crippen LogP contribution in [0, 0.1) is 19.8 Å². The molecule has 0 aliphatic carbocycles. The zero-order chi connectivity index (χ0) is 24.3. The summed E-state index contributed by atoms with van der Waals surface area (Å²) in [7, 11) is -3.48. The normalized spacial score (nSPS) is 20.0. The van der Waals surface area contributed by atoms with Crippen LogP contribution >= 0.6 is 0 Å². The Morgan fingerprint density at radius 1 is 0.941 bits per heavy atom. The molecule has 2 aliphatic rings. The van der Waals surface area contributed by atoms with Crippen molar-refractivity contribution in [1.82, 2.24) is 14.5 Å². The molecule has 0 spiro atoms. The van der Waals surface area contributed by atoms with Gasteiger partial charge in [0, 0.05) is 57.9 Å². The number of nitrogens with one attached hydrogen (secondary N) is 1. The Hall–Kier alpha value is -2.75. The molecule has 2 aromatic carbocycles. The number of carbonyl (C=O) groups excluding carboxylic acids is 2. The highest BCUT2D eigenvalue weighted by atomic mass is 32.2. The summed E-state index contributed by atoms with van der Waals surface area (Å²) < 4.78 is 27.2. The lowest BCUT2D eigenvalue weighted by Crippen LogP contribution is -2.50. The molecular weight excluding hydrogens is 452 g/mol. The van der Waals surface area contributed by atoms with Gasteiger partial charge in [0.1, 0.15) is 0 Å². The predicted octanol–water partition coefficient (Wildman–Crippen LogP) is 1.78. The van der Waals surface area contributed by atoms with E-state index in [1.165, 1.54) is 4.31 Å². The molecule has 9 heteroatoms. The van der Waals surface area contributed by atoms with Gasteiger partial charge < -0.3 is 10.2 Å². The first kappa shape index (κ1) is 24.4. The van der Waals surface area contributed by atoms with E-state index in [4.69, 9.17) is 0 Å². The third kappa shape index (κ3) is 5.48. The number of aryl methyl sites for hydroxylation is 2.